The summed E-state index contributed by atoms with van der Waals surface area (Å²) in [6.45, 7) is 9.21. The van der Waals surface area contributed by atoms with Crippen LogP contribution in [0.5, 0.6) is 0 Å². The van der Waals surface area contributed by atoms with Crippen molar-refractivity contribution in [2.45, 2.75) is 103 Å². The molecule has 2 fully saturated rings. The molecule has 2 aromatic carbocycles. The number of nitrogens with zero attached hydrogens (tertiary/aromatic N) is 2. The monoisotopic (exact) mass is 820 g/mol. The molecule has 6 rings (SSSR count). The molecule has 2 saturated carbocycles. The lowest BCUT2D eigenvalue weighted by atomic mass is 9.94. The van der Waals surface area contributed by atoms with E-state index in [1.165, 1.54) is 0 Å². The summed E-state index contributed by atoms with van der Waals surface area (Å²) in [5, 5.41) is 33.0. The number of esters is 2. The molecule has 0 saturated heterocycles. The number of amides is 2. The molecule has 0 bridgehead atoms. The van der Waals surface area contributed by atoms with Gasteiger partial charge in [-0.05, 0) is 134 Å². The first-order chi connectivity index (χ1) is 28.9. The number of hydrogen-bond acceptors (Lipinski definition) is 12. The Kier molecular flexibility index (Phi) is 15.1. The first kappa shape index (κ1) is 44.0. The van der Waals surface area contributed by atoms with E-state index in [1.807, 2.05) is 62.4 Å². The minimum Gasteiger partial charge on any atom is -0.466 e. The maximum atomic E-state index is 13.6. The predicted molar refractivity (Wildman–Crippen MR) is 228 cm³/mol. The Morgan fingerprint density at radius 2 is 1.07 bits per heavy atom. The number of benzene rings is 2. The summed E-state index contributed by atoms with van der Waals surface area (Å²) in [5.74, 6) is -0.847. The van der Waals surface area contributed by atoms with Gasteiger partial charge < -0.3 is 41.0 Å². The number of rotatable bonds is 21. The zero-order chi connectivity index (χ0) is 42.8. The lowest BCUT2D eigenvalue weighted by Gasteiger charge is -2.17. The van der Waals surface area contributed by atoms with E-state index >= 15 is 0 Å². The van der Waals surface area contributed by atoms with E-state index in [9.17, 15) is 29.4 Å². The SMILES string of the molecule is CCOC(=O)C[C@H](O)CNCc1cnc(C(=O)Nc2cccc(-c3cccc(NC(=O)c4cc(C5CC5)c(CNC[C@@H](O)CC(=O)OCC)cn4)c3C)c2C)cc1C1CC1. The van der Waals surface area contributed by atoms with E-state index in [-0.39, 0.29) is 51.0 Å². The fourth-order valence-corrected chi connectivity index (χ4v) is 7.31. The molecule has 2 atom stereocenters. The topological polar surface area (TPSA) is 201 Å². The molecule has 0 radical (unpaired) electrons. The summed E-state index contributed by atoms with van der Waals surface area (Å²) < 4.78 is 9.84. The summed E-state index contributed by atoms with van der Waals surface area (Å²) in [4.78, 5) is 59.7. The summed E-state index contributed by atoms with van der Waals surface area (Å²) in [6.07, 6.45) is 5.62. The van der Waals surface area contributed by atoms with Crippen molar-refractivity contribution in [3.05, 3.63) is 106 Å². The number of aliphatic hydroxyl groups is 2. The normalized spacial score (nSPS) is 14.6. The Bertz CT molecular complexity index is 2030. The van der Waals surface area contributed by atoms with Crippen molar-refractivity contribution >= 4 is 35.1 Å². The van der Waals surface area contributed by atoms with Crippen molar-refractivity contribution < 1.29 is 38.9 Å². The summed E-state index contributed by atoms with van der Waals surface area (Å²) in [7, 11) is 0. The molecular weight excluding hydrogens is 765 g/mol. The van der Waals surface area contributed by atoms with Crippen LogP contribution in [0.3, 0.4) is 0 Å². The first-order valence-corrected chi connectivity index (χ1v) is 20.8. The van der Waals surface area contributed by atoms with Gasteiger partial charge in [-0.3, -0.25) is 29.1 Å². The van der Waals surface area contributed by atoms with Gasteiger partial charge in [0, 0.05) is 49.9 Å². The average molecular weight is 821 g/mol. The lowest BCUT2D eigenvalue weighted by Crippen LogP contribution is -2.29. The minimum absolute atomic E-state index is 0.0821. The highest BCUT2D eigenvalue weighted by atomic mass is 16.5. The summed E-state index contributed by atoms with van der Waals surface area (Å²) >= 11 is 0. The maximum Gasteiger partial charge on any atom is 0.308 e. The number of nitrogens with one attached hydrogen (secondary N) is 4. The van der Waals surface area contributed by atoms with Gasteiger partial charge in [0.1, 0.15) is 11.4 Å². The van der Waals surface area contributed by atoms with Crippen LogP contribution in [0.2, 0.25) is 0 Å². The molecule has 318 valence electrons. The number of anilines is 2. The number of ether oxygens (including phenoxy) is 2. The summed E-state index contributed by atoms with van der Waals surface area (Å²) in [6, 6.07) is 15.2. The third-order valence-corrected chi connectivity index (χ3v) is 10.8. The molecule has 4 aromatic rings. The highest BCUT2D eigenvalue weighted by molar-refractivity contribution is 6.05. The van der Waals surface area contributed by atoms with Gasteiger partial charge in [-0.25, -0.2) is 0 Å². The largest absolute Gasteiger partial charge is 0.466 e. The molecule has 2 aromatic heterocycles. The average Bonchev–Trinajstić information content (AvgIpc) is 4.15. The second-order valence-electron chi connectivity index (χ2n) is 15.5. The Morgan fingerprint density at radius 3 is 1.43 bits per heavy atom. The molecule has 60 heavy (non-hydrogen) atoms. The van der Waals surface area contributed by atoms with Crippen LogP contribution in [0.15, 0.2) is 60.9 Å². The van der Waals surface area contributed by atoms with Crippen LogP contribution in [0, 0.1) is 13.8 Å². The van der Waals surface area contributed by atoms with Crippen LogP contribution in [-0.2, 0) is 32.2 Å². The molecule has 2 heterocycles. The lowest BCUT2D eigenvalue weighted by molar-refractivity contribution is -0.146. The van der Waals surface area contributed by atoms with Gasteiger partial charge in [0.25, 0.3) is 11.8 Å². The van der Waals surface area contributed by atoms with Crippen LogP contribution in [-0.4, -0.2) is 82.4 Å². The fourth-order valence-electron chi connectivity index (χ4n) is 7.31. The molecule has 2 aliphatic rings. The van der Waals surface area contributed by atoms with Crippen LogP contribution in [0.25, 0.3) is 11.1 Å². The van der Waals surface area contributed by atoms with Gasteiger partial charge in [0.05, 0.1) is 38.3 Å². The number of pyridine rings is 2. The minimum atomic E-state index is -0.869. The Balaban J connectivity index is 1.10. The Labute approximate surface area is 350 Å². The smallest absolute Gasteiger partial charge is 0.308 e. The highest BCUT2D eigenvalue weighted by Gasteiger charge is 2.29. The molecule has 14 nitrogen and oxygen atoms in total. The van der Waals surface area contributed by atoms with Crippen molar-refractivity contribution in [2.24, 2.45) is 0 Å². The van der Waals surface area contributed by atoms with Crippen LogP contribution >= 0.6 is 0 Å². The van der Waals surface area contributed by atoms with Crippen LogP contribution in [0.4, 0.5) is 11.4 Å². The second-order valence-corrected chi connectivity index (χ2v) is 15.5. The van der Waals surface area contributed by atoms with Crippen molar-refractivity contribution in [1.82, 2.24) is 20.6 Å². The van der Waals surface area contributed by atoms with Gasteiger partial charge in [-0.2, -0.15) is 0 Å². The highest BCUT2D eigenvalue weighted by Crippen LogP contribution is 2.43. The zero-order valence-corrected chi connectivity index (χ0v) is 34.8. The van der Waals surface area contributed by atoms with E-state index in [0.717, 1.165) is 70.2 Å². The third-order valence-electron chi connectivity index (χ3n) is 10.8. The number of aliphatic hydroxyl groups excluding tert-OH is 2. The third kappa shape index (κ3) is 11.8. The van der Waals surface area contributed by atoms with E-state index in [4.69, 9.17) is 9.47 Å². The Morgan fingerprint density at radius 1 is 0.667 bits per heavy atom. The maximum absolute atomic E-state index is 13.6. The quantitative estimate of drug-likeness (QED) is 0.0551. The van der Waals surface area contributed by atoms with E-state index in [1.54, 1.807) is 26.2 Å². The van der Waals surface area contributed by atoms with Crippen molar-refractivity contribution in [3.8, 4) is 11.1 Å². The molecular formula is C46H56N6O8. The van der Waals surface area contributed by atoms with Crippen LogP contribution < -0.4 is 21.3 Å². The van der Waals surface area contributed by atoms with E-state index in [2.05, 4.69) is 31.2 Å². The standard InChI is InChI=1S/C46H56N6O8/c1-5-59-43(55)17-33(53)25-47-21-31-23-49-41(19-37(31)29-13-14-29)45(57)51-39-11-7-9-35(27(39)3)36-10-8-12-40(28(36)4)52-46(58)42-20-38(30-15-16-30)32(24-50-42)22-48-26-34(54)18-44(56)60-6-2/h7-12,19-20,23-24,29-30,33-34,47-48,53-54H,5-6,13-18,21-22,25-26H2,1-4H3,(H,51,57)(H,52,58)/t33-,34-/m0/s1. The molecule has 6 N–H and O–H groups in total. The fraction of sp³-hybridized carbons (Fsp3) is 0.435. The number of aromatic nitrogens is 2. The second kappa shape index (κ2) is 20.6. The molecule has 2 amide bonds. The number of carbonyl (C=O) groups excluding carboxylic acids is 4. The number of carbonyl (C=O) groups is 4. The zero-order valence-electron chi connectivity index (χ0n) is 34.8. The van der Waals surface area contributed by atoms with Gasteiger partial charge in [0.15, 0.2) is 0 Å². The van der Waals surface area contributed by atoms with Gasteiger partial charge in [0.2, 0.25) is 0 Å². The van der Waals surface area contributed by atoms with Crippen molar-refractivity contribution in [3.63, 3.8) is 0 Å². The van der Waals surface area contributed by atoms with E-state index < -0.39 is 24.1 Å². The molecule has 14 heteroatoms. The number of hydrogen-bond donors (Lipinski definition) is 6. The van der Waals surface area contributed by atoms with Gasteiger partial charge in [-0.15, -0.1) is 0 Å². The van der Waals surface area contributed by atoms with Crippen LogP contribution in [0.1, 0.15) is 119 Å². The molecule has 0 aliphatic heterocycles. The molecule has 0 spiro atoms. The Hall–Kier alpha value is -5.54. The van der Waals surface area contributed by atoms with Gasteiger partial charge in [-0.1, -0.05) is 24.3 Å². The molecule has 0 unspecified atom stereocenters. The molecule has 2 aliphatic carbocycles. The summed E-state index contributed by atoms with van der Waals surface area (Å²) in [5.41, 5.74) is 9.41. The van der Waals surface area contributed by atoms with E-state index in [0.29, 0.717) is 47.7 Å². The first-order valence-electron chi connectivity index (χ1n) is 20.8. The van der Waals surface area contributed by atoms with Crippen molar-refractivity contribution in [2.75, 3.05) is 36.9 Å². The predicted octanol–water partition coefficient (Wildman–Crippen LogP) is 5.83. The van der Waals surface area contributed by atoms with Crippen molar-refractivity contribution in [1.29, 1.82) is 0 Å². The van der Waals surface area contributed by atoms with Gasteiger partial charge >= 0.3 is 11.9 Å².